The van der Waals surface area contributed by atoms with Crippen LogP contribution in [0.1, 0.15) is 50.7 Å². The Balaban J connectivity index is 1.74. The van der Waals surface area contributed by atoms with Crippen LogP contribution in [0.2, 0.25) is 0 Å². The molecule has 1 fully saturated rings. The molecule has 0 saturated heterocycles. The van der Waals surface area contributed by atoms with Crippen LogP contribution in [0.3, 0.4) is 0 Å². The van der Waals surface area contributed by atoms with Crippen molar-refractivity contribution in [2.24, 2.45) is 0 Å². The summed E-state index contributed by atoms with van der Waals surface area (Å²) in [7, 11) is 1.69. The molecular weight excluding hydrogens is 394 g/mol. The Morgan fingerprint density at radius 3 is 2.50 bits per heavy atom. The molecule has 0 spiro atoms. The van der Waals surface area contributed by atoms with Crippen molar-refractivity contribution in [3.63, 3.8) is 0 Å². The SMILES string of the molecule is C=C=C(c1cccc2ccccc12)N(Cc1ccc(OC)c(OC(C)C)c1)C1CCCC1. The fraction of sp³-hybridized carbons (Fsp3) is 0.345. The first kappa shape index (κ1) is 22.0. The molecule has 0 radical (unpaired) electrons. The molecule has 0 heterocycles. The van der Waals surface area contributed by atoms with Crippen molar-refractivity contribution in [2.45, 2.75) is 58.2 Å². The van der Waals surface area contributed by atoms with Crippen LogP contribution < -0.4 is 9.47 Å². The largest absolute Gasteiger partial charge is 0.493 e. The Hall–Kier alpha value is -3.16. The van der Waals surface area contributed by atoms with Crippen molar-refractivity contribution in [3.8, 4) is 11.5 Å². The van der Waals surface area contributed by atoms with E-state index < -0.39 is 0 Å². The normalized spacial score (nSPS) is 13.9. The van der Waals surface area contributed by atoms with Crippen molar-refractivity contribution in [1.29, 1.82) is 0 Å². The van der Waals surface area contributed by atoms with Crippen LogP contribution in [-0.4, -0.2) is 24.2 Å². The highest BCUT2D eigenvalue weighted by molar-refractivity contribution is 5.93. The molecule has 1 saturated carbocycles. The summed E-state index contributed by atoms with van der Waals surface area (Å²) in [4.78, 5) is 2.50. The van der Waals surface area contributed by atoms with Gasteiger partial charge in [0.1, 0.15) is 0 Å². The zero-order valence-corrected chi connectivity index (χ0v) is 19.4. The number of fused-ring (bicyclic) bond motifs is 1. The summed E-state index contributed by atoms with van der Waals surface area (Å²) < 4.78 is 11.6. The molecule has 3 aromatic rings. The second kappa shape index (κ2) is 9.97. The predicted octanol–water partition coefficient (Wildman–Crippen LogP) is 7.21. The molecular formula is C29H33NO2. The average Bonchev–Trinajstić information content (AvgIpc) is 3.33. The number of nitrogens with zero attached hydrogens (tertiary/aromatic N) is 1. The monoisotopic (exact) mass is 427 g/mol. The van der Waals surface area contributed by atoms with Gasteiger partial charge in [-0.3, -0.25) is 0 Å². The minimum atomic E-state index is 0.0874. The van der Waals surface area contributed by atoms with Crippen LogP contribution in [0.4, 0.5) is 0 Å². The molecule has 0 amide bonds. The molecule has 0 aliphatic heterocycles. The standard InChI is InChI=1S/C29H33NO2/c1-5-27(26-16-10-12-23-11-6-9-15-25(23)26)30(24-13-7-8-14-24)20-22-17-18-28(31-4)29(19-22)32-21(2)3/h6,9-12,15-19,21,24H,1,7-8,13-14,20H2,2-4H3. The van der Waals surface area contributed by atoms with Gasteiger partial charge in [0.15, 0.2) is 11.5 Å². The quantitative estimate of drug-likeness (QED) is 0.355. The van der Waals surface area contributed by atoms with Crippen LogP contribution in [0.5, 0.6) is 11.5 Å². The van der Waals surface area contributed by atoms with Gasteiger partial charge in [-0.15, -0.1) is 5.73 Å². The summed E-state index contributed by atoms with van der Waals surface area (Å²) in [6.45, 7) is 8.97. The molecule has 32 heavy (non-hydrogen) atoms. The number of rotatable bonds is 8. The summed E-state index contributed by atoms with van der Waals surface area (Å²) in [6.07, 6.45) is 5.02. The first-order chi connectivity index (χ1) is 15.6. The zero-order chi connectivity index (χ0) is 22.5. The third kappa shape index (κ3) is 4.69. The van der Waals surface area contributed by atoms with E-state index in [1.807, 2.05) is 19.9 Å². The predicted molar refractivity (Wildman–Crippen MR) is 133 cm³/mol. The van der Waals surface area contributed by atoms with Gasteiger partial charge in [-0.25, -0.2) is 0 Å². The summed E-state index contributed by atoms with van der Waals surface area (Å²) >= 11 is 0. The number of hydrogen-bond donors (Lipinski definition) is 0. The lowest BCUT2D eigenvalue weighted by Gasteiger charge is -2.33. The van der Waals surface area contributed by atoms with Crippen LogP contribution in [0.15, 0.2) is 73.0 Å². The number of methoxy groups -OCH3 is 1. The Morgan fingerprint density at radius 1 is 1.03 bits per heavy atom. The van der Waals surface area contributed by atoms with Crippen molar-refractivity contribution in [1.82, 2.24) is 4.90 Å². The Morgan fingerprint density at radius 2 is 1.78 bits per heavy atom. The summed E-state index contributed by atoms with van der Waals surface area (Å²) in [5.41, 5.74) is 6.78. The van der Waals surface area contributed by atoms with Gasteiger partial charge in [-0.05, 0) is 55.2 Å². The highest BCUT2D eigenvalue weighted by Crippen LogP contribution is 2.36. The number of ether oxygens (including phenoxy) is 2. The maximum Gasteiger partial charge on any atom is 0.161 e. The second-order valence-corrected chi connectivity index (χ2v) is 8.77. The van der Waals surface area contributed by atoms with E-state index in [1.54, 1.807) is 7.11 Å². The molecule has 1 aliphatic rings. The summed E-state index contributed by atoms with van der Waals surface area (Å²) in [6, 6.07) is 21.8. The smallest absolute Gasteiger partial charge is 0.161 e. The first-order valence-electron chi connectivity index (χ1n) is 11.6. The van der Waals surface area contributed by atoms with Crippen molar-refractivity contribution < 1.29 is 9.47 Å². The van der Waals surface area contributed by atoms with Gasteiger partial charge < -0.3 is 14.4 Å². The Kier molecular flexibility index (Phi) is 6.87. The van der Waals surface area contributed by atoms with Gasteiger partial charge >= 0.3 is 0 Å². The van der Waals surface area contributed by atoms with E-state index in [2.05, 4.69) is 71.8 Å². The van der Waals surface area contributed by atoms with Gasteiger partial charge in [0.2, 0.25) is 0 Å². The van der Waals surface area contributed by atoms with Crippen LogP contribution >= 0.6 is 0 Å². The fourth-order valence-corrected chi connectivity index (χ4v) is 4.75. The van der Waals surface area contributed by atoms with Gasteiger partial charge in [-0.1, -0.05) is 68.0 Å². The molecule has 3 aromatic carbocycles. The van der Waals surface area contributed by atoms with E-state index in [1.165, 1.54) is 47.6 Å². The molecule has 166 valence electrons. The van der Waals surface area contributed by atoms with Crippen LogP contribution in [0.25, 0.3) is 16.5 Å². The number of hydrogen-bond acceptors (Lipinski definition) is 3. The topological polar surface area (TPSA) is 21.7 Å². The van der Waals surface area contributed by atoms with Crippen LogP contribution in [0, 0.1) is 0 Å². The van der Waals surface area contributed by atoms with E-state index in [4.69, 9.17) is 9.47 Å². The minimum Gasteiger partial charge on any atom is -0.493 e. The molecule has 3 heteroatoms. The summed E-state index contributed by atoms with van der Waals surface area (Å²) in [5.74, 6) is 1.56. The van der Waals surface area contributed by atoms with E-state index in [-0.39, 0.29) is 6.10 Å². The lowest BCUT2D eigenvalue weighted by atomic mass is 9.99. The van der Waals surface area contributed by atoms with Crippen molar-refractivity contribution in [2.75, 3.05) is 7.11 Å². The molecule has 0 aromatic heterocycles. The van der Waals surface area contributed by atoms with Gasteiger partial charge in [0.05, 0.1) is 18.9 Å². The van der Waals surface area contributed by atoms with Gasteiger partial charge in [0, 0.05) is 18.2 Å². The highest BCUT2D eigenvalue weighted by atomic mass is 16.5. The number of benzene rings is 3. The Bertz CT molecular complexity index is 1120. The van der Waals surface area contributed by atoms with Crippen LogP contribution in [-0.2, 0) is 6.54 Å². The minimum absolute atomic E-state index is 0.0874. The van der Waals surface area contributed by atoms with Gasteiger partial charge in [0.25, 0.3) is 0 Å². The summed E-state index contributed by atoms with van der Waals surface area (Å²) in [5, 5.41) is 2.48. The Labute approximate surface area is 192 Å². The lowest BCUT2D eigenvalue weighted by molar-refractivity contribution is 0.229. The fourth-order valence-electron chi connectivity index (χ4n) is 4.75. The molecule has 1 aliphatic carbocycles. The average molecular weight is 428 g/mol. The van der Waals surface area contributed by atoms with Crippen molar-refractivity contribution in [3.05, 3.63) is 84.1 Å². The second-order valence-electron chi connectivity index (χ2n) is 8.77. The van der Waals surface area contributed by atoms with Crippen molar-refractivity contribution >= 4 is 16.5 Å². The molecule has 0 unspecified atom stereocenters. The third-order valence-electron chi connectivity index (χ3n) is 6.21. The molecule has 0 N–H and O–H groups in total. The maximum absolute atomic E-state index is 6.03. The van der Waals surface area contributed by atoms with E-state index in [9.17, 15) is 0 Å². The molecule has 0 atom stereocenters. The van der Waals surface area contributed by atoms with E-state index in [0.29, 0.717) is 6.04 Å². The molecule has 3 nitrogen and oxygen atoms in total. The molecule has 0 bridgehead atoms. The lowest BCUT2D eigenvalue weighted by Crippen LogP contribution is -2.31. The first-order valence-corrected chi connectivity index (χ1v) is 11.6. The van der Waals surface area contributed by atoms with E-state index >= 15 is 0 Å². The maximum atomic E-state index is 6.03. The zero-order valence-electron chi connectivity index (χ0n) is 19.4. The third-order valence-corrected chi connectivity index (χ3v) is 6.21. The van der Waals surface area contributed by atoms with E-state index in [0.717, 1.165) is 23.7 Å². The van der Waals surface area contributed by atoms with Gasteiger partial charge in [-0.2, -0.15) is 0 Å². The highest BCUT2D eigenvalue weighted by Gasteiger charge is 2.26. The molecule has 4 rings (SSSR count).